The van der Waals surface area contributed by atoms with E-state index in [0.29, 0.717) is 18.5 Å². The molecule has 1 N–H and O–H groups in total. The van der Waals surface area contributed by atoms with Crippen molar-refractivity contribution in [2.75, 3.05) is 13.2 Å². The normalized spacial score (nSPS) is 18.6. The molecule has 0 radical (unpaired) electrons. The second-order valence-electron chi connectivity index (χ2n) is 8.82. The second kappa shape index (κ2) is 10.3. The van der Waals surface area contributed by atoms with Crippen LogP contribution < -0.4 is 15.5 Å². The molecule has 0 fully saturated rings. The smallest absolute Gasteiger partial charge is 0.275 e. The summed E-state index contributed by atoms with van der Waals surface area (Å²) in [6.45, 7) is 8.11. The molecule has 0 saturated carbocycles. The van der Waals surface area contributed by atoms with E-state index in [1.54, 1.807) is 9.47 Å². The highest BCUT2D eigenvalue weighted by atomic mass is 35.5. The summed E-state index contributed by atoms with van der Waals surface area (Å²) in [6, 6.07) is 1.52. The standard InChI is InChI=1S/C26H26ClF2N3O4/c1-4-5-10-36-24-22-26(35)31-13-19(14(2)6-7-15(31)3)32(22)12-17(23(24)33)25(34)30-11-16-8-9-18(28)20(27)21(16)29/h6-9,12,15,19H,2,4-5,10-11,13H2,1,3H3,(H,30,34)/t15-,19+/m0/s1. The van der Waals surface area contributed by atoms with Crippen LogP contribution >= 0.6 is 11.6 Å². The lowest BCUT2D eigenvalue weighted by Gasteiger charge is -2.37. The number of unbranched alkanes of at least 4 members (excludes halogenated alkanes) is 1. The van der Waals surface area contributed by atoms with Crippen LogP contribution in [0.1, 0.15) is 59.1 Å². The first-order valence-electron chi connectivity index (χ1n) is 11.7. The molecule has 7 nitrogen and oxygen atoms in total. The fourth-order valence-corrected chi connectivity index (χ4v) is 4.45. The quantitative estimate of drug-likeness (QED) is 0.436. The van der Waals surface area contributed by atoms with Gasteiger partial charge in [0.05, 0.1) is 12.6 Å². The zero-order chi connectivity index (χ0) is 26.1. The van der Waals surface area contributed by atoms with Crippen LogP contribution in [0.25, 0.3) is 0 Å². The Labute approximate surface area is 212 Å². The average Bonchev–Trinajstić information content (AvgIpc) is 2.98. The summed E-state index contributed by atoms with van der Waals surface area (Å²) in [5, 5.41) is 1.80. The topological polar surface area (TPSA) is 80.6 Å². The van der Waals surface area contributed by atoms with Crippen LogP contribution in [-0.2, 0) is 6.54 Å². The number of carbonyl (C=O) groups is 2. The van der Waals surface area contributed by atoms with Crippen LogP contribution in [0.15, 0.2) is 47.4 Å². The molecule has 2 aliphatic heterocycles. The van der Waals surface area contributed by atoms with Crippen LogP contribution in [0.5, 0.6) is 5.75 Å². The van der Waals surface area contributed by atoms with Crippen LogP contribution in [-0.4, -0.2) is 40.5 Å². The van der Waals surface area contributed by atoms with E-state index in [1.807, 2.05) is 26.0 Å². The number of fused-ring (bicyclic) bond motifs is 4. The van der Waals surface area contributed by atoms with Crippen molar-refractivity contribution in [3.63, 3.8) is 0 Å². The summed E-state index contributed by atoms with van der Waals surface area (Å²) in [7, 11) is 0. The summed E-state index contributed by atoms with van der Waals surface area (Å²) in [5.41, 5.74) is -0.289. The Balaban J connectivity index is 1.76. The highest BCUT2D eigenvalue weighted by Crippen LogP contribution is 2.34. The molecule has 0 aliphatic carbocycles. The van der Waals surface area contributed by atoms with Gasteiger partial charge in [0.15, 0.2) is 11.4 Å². The van der Waals surface area contributed by atoms with Gasteiger partial charge in [-0.3, -0.25) is 14.4 Å². The Hall–Kier alpha value is -3.46. The van der Waals surface area contributed by atoms with Gasteiger partial charge in [0.1, 0.15) is 22.2 Å². The lowest BCUT2D eigenvalue weighted by atomic mass is 10.0. The van der Waals surface area contributed by atoms with Gasteiger partial charge < -0.3 is 19.5 Å². The van der Waals surface area contributed by atoms with E-state index < -0.39 is 34.0 Å². The predicted octanol–water partition coefficient (Wildman–Crippen LogP) is 4.40. The zero-order valence-electron chi connectivity index (χ0n) is 19.9. The fourth-order valence-electron chi connectivity index (χ4n) is 4.27. The molecule has 2 aromatic rings. The van der Waals surface area contributed by atoms with Crippen molar-refractivity contribution >= 4 is 23.4 Å². The first-order chi connectivity index (χ1) is 17.1. The number of hydrogen-bond donors (Lipinski definition) is 1. The van der Waals surface area contributed by atoms with Gasteiger partial charge in [-0.2, -0.15) is 0 Å². The molecule has 2 amide bonds. The third kappa shape index (κ3) is 4.55. The maximum absolute atomic E-state index is 14.3. The number of pyridine rings is 1. The highest BCUT2D eigenvalue weighted by Gasteiger charge is 2.39. The highest BCUT2D eigenvalue weighted by molar-refractivity contribution is 6.30. The summed E-state index contributed by atoms with van der Waals surface area (Å²) < 4.78 is 35.1. The average molecular weight is 518 g/mol. The molecule has 4 rings (SSSR count). The molecule has 1 aromatic heterocycles. The van der Waals surface area contributed by atoms with Gasteiger partial charge in [-0.05, 0) is 25.0 Å². The van der Waals surface area contributed by atoms with Gasteiger partial charge in [-0.25, -0.2) is 8.78 Å². The van der Waals surface area contributed by atoms with Crippen molar-refractivity contribution < 1.29 is 23.1 Å². The largest absolute Gasteiger partial charge is 0.487 e. The van der Waals surface area contributed by atoms with E-state index in [-0.39, 0.29) is 47.7 Å². The van der Waals surface area contributed by atoms with Crippen LogP contribution in [0.3, 0.4) is 0 Å². The number of aromatic nitrogens is 1. The lowest BCUT2D eigenvalue weighted by Crippen LogP contribution is -2.48. The molecule has 10 heteroatoms. The maximum Gasteiger partial charge on any atom is 0.275 e. The Kier molecular flexibility index (Phi) is 7.31. The number of amides is 2. The molecule has 3 heterocycles. The number of hydrogen-bond acceptors (Lipinski definition) is 4. The van der Waals surface area contributed by atoms with Crippen molar-refractivity contribution in [1.29, 1.82) is 0 Å². The van der Waals surface area contributed by atoms with Crippen molar-refractivity contribution in [3.05, 3.63) is 86.3 Å². The van der Waals surface area contributed by atoms with E-state index in [9.17, 15) is 23.2 Å². The Morgan fingerprint density at radius 2 is 2.06 bits per heavy atom. The van der Waals surface area contributed by atoms with E-state index in [1.165, 1.54) is 6.20 Å². The molecule has 36 heavy (non-hydrogen) atoms. The fraction of sp³-hybridized carbons (Fsp3) is 0.346. The number of benzene rings is 1. The number of halogens is 3. The molecule has 1 aromatic carbocycles. The number of rotatable bonds is 7. The molecule has 0 saturated heterocycles. The number of nitrogens with one attached hydrogen (secondary N) is 1. The van der Waals surface area contributed by atoms with Crippen LogP contribution in [0.2, 0.25) is 5.02 Å². The lowest BCUT2D eigenvalue weighted by molar-refractivity contribution is 0.0641. The minimum atomic E-state index is -0.996. The van der Waals surface area contributed by atoms with Gasteiger partial charge in [0, 0.05) is 30.9 Å². The number of nitrogens with zero attached hydrogens (tertiary/aromatic N) is 2. The summed E-state index contributed by atoms with van der Waals surface area (Å²) in [5.74, 6) is -3.29. The van der Waals surface area contributed by atoms with Gasteiger partial charge in [0.25, 0.3) is 11.8 Å². The first-order valence-corrected chi connectivity index (χ1v) is 12.0. The van der Waals surface area contributed by atoms with Crippen LogP contribution in [0.4, 0.5) is 8.78 Å². The number of ether oxygens (including phenoxy) is 1. The van der Waals surface area contributed by atoms with E-state index >= 15 is 0 Å². The van der Waals surface area contributed by atoms with E-state index in [2.05, 4.69) is 11.9 Å². The summed E-state index contributed by atoms with van der Waals surface area (Å²) in [4.78, 5) is 41.6. The molecule has 2 atom stereocenters. The molecular formula is C26H26ClF2N3O4. The number of carbonyl (C=O) groups excluding carboxylic acids is 2. The third-order valence-electron chi connectivity index (χ3n) is 6.41. The first kappa shape index (κ1) is 25.6. The van der Waals surface area contributed by atoms with Crippen molar-refractivity contribution in [1.82, 2.24) is 14.8 Å². The van der Waals surface area contributed by atoms with Gasteiger partial charge in [-0.1, -0.05) is 49.7 Å². The molecule has 190 valence electrons. The summed E-state index contributed by atoms with van der Waals surface area (Å²) in [6.07, 6.45) is 6.46. The molecule has 0 unspecified atom stereocenters. The van der Waals surface area contributed by atoms with Crippen molar-refractivity contribution in [2.45, 2.75) is 45.3 Å². The van der Waals surface area contributed by atoms with Crippen molar-refractivity contribution in [3.8, 4) is 5.75 Å². The van der Waals surface area contributed by atoms with Gasteiger partial charge >= 0.3 is 0 Å². The number of allylic oxidation sites excluding steroid dienone is 1. The third-order valence-corrected chi connectivity index (χ3v) is 6.76. The Bertz CT molecular complexity index is 1340. The molecule has 0 spiro atoms. The van der Waals surface area contributed by atoms with E-state index in [0.717, 1.165) is 18.6 Å². The second-order valence-corrected chi connectivity index (χ2v) is 9.20. The molecule has 2 bridgehead atoms. The van der Waals surface area contributed by atoms with Gasteiger partial charge in [-0.15, -0.1) is 0 Å². The maximum atomic E-state index is 14.3. The minimum Gasteiger partial charge on any atom is -0.487 e. The Morgan fingerprint density at radius 1 is 1.31 bits per heavy atom. The minimum absolute atomic E-state index is 0.0469. The molecular weight excluding hydrogens is 492 g/mol. The molecule has 2 aliphatic rings. The van der Waals surface area contributed by atoms with Crippen LogP contribution in [0, 0.1) is 11.6 Å². The van der Waals surface area contributed by atoms with Crippen molar-refractivity contribution in [2.24, 2.45) is 0 Å². The van der Waals surface area contributed by atoms with E-state index in [4.69, 9.17) is 16.3 Å². The van der Waals surface area contributed by atoms with Gasteiger partial charge in [0.2, 0.25) is 5.43 Å². The summed E-state index contributed by atoms with van der Waals surface area (Å²) >= 11 is 5.62. The predicted molar refractivity (Wildman–Crippen MR) is 131 cm³/mol. The SMILES string of the molecule is C=C1C=C[C@H](C)N2C[C@H]1n1cc(C(=O)NCc3ccc(F)c(Cl)c3F)c(=O)c(OCCCC)c1C2=O. The zero-order valence-corrected chi connectivity index (χ0v) is 20.7. The monoisotopic (exact) mass is 517 g/mol. The Morgan fingerprint density at radius 3 is 2.78 bits per heavy atom.